The highest BCUT2D eigenvalue weighted by atomic mass is 35.5. The first kappa shape index (κ1) is 17.7. The predicted molar refractivity (Wildman–Crippen MR) is 94.9 cm³/mol. The molecule has 0 bridgehead atoms. The Morgan fingerprint density at radius 2 is 1.65 bits per heavy atom. The van der Waals surface area contributed by atoms with Crippen molar-refractivity contribution >= 4 is 28.9 Å². The Kier molecular flexibility index (Phi) is 4.20. The van der Waals surface area contributed by atoms with E-state index in [1.165, 1.54) is 29.3 Å². The molecule has 0 N–H and O–H groups in total. The number of rotatable bonds is 2. The second-order valence-electron chi connectivity index (χ2n) is 6.63. The number of halogens is 5. The van der Waals surface area contributed by atoms with E-state index in [0.29, 0.717) is 5.56 Å². The van der Waals surface area contributed by atoms with Crippen molar-refractivity contribution in [1.29, 1.82) is 0 Å². The molecule has 2 aliphatic rings. The van der Waals surface area contributed by atoms with Crippen LogP contribution in [0.25, 0.3) is 0 Å². The Labute approximate surface area is 158 Å². The molecule has 0 amide bonds. The average Bonchev–Trinajstić information content (AvgIpc) is 3.20. The van der Waals surface area contributed by atoms with E-state index in [9.17, 15) is 13.2 Å². The van der Waals surface area contributed by atoms with E-state index in [1.807, 2.05) is 18.2 Å². The van der Waals surface area contributed by atoms with Gasteiger partial charge in [-0.05, 0) is 60.2 Å². The molecule has 1 heterocycles. The topological polar surface area (TPSA) is 21.6 Å². The van der Waals surface area contributed by atoms with Crippen molar-refractivity contribution in [3.05, 3.63) is 68.7 Å². The monoisotopic (exact) mass is 399 g/mol. The molecule has 4 rings (SSSR count). The van der Waals surface area contributed by atoms with Gasteiger partial charge in [0.15, 0.2) is 0 Å². The second-order valence-corrected chi connectivity index (χ2v) is 7.50. The van der Waals surface area contributed by atoms with Crippen LogP contribution >= 0.6 is 23.2 Å². The molecule has 0 saturated heterocycles. The van der Waals surface area contributed by atoms with E-state index in [1.54, 1.807) is 0 Å². The fourth-order valence-corrected chi connectivity index (χ4v) is 4.12. The van der Waals surface area contributed by atoms with E-state index in [4.69, 9.17) is 28.0 Å². The SMILES string of the molecule is FC(F)(F)C1(c2cc(Cl)cc(Cl)c2)CC(c2ccc3c(c2)CCC3)=NO1. The van der Waals surface area contributed by atoms with Crippen molar-refractivity contribution < 1.29 is 18.0 Å². The number of nitrogens with zero attached hydrogens (tertiary/aromatic N) is 1. The summed E-state index contributed by atoms with van der Waals surface area (Å²) in [6.07, 6.45) is -2.10. The molecule has 7 heteroatoms. The van der Waals surface area contributed by atoms with Crippen LogP contribution in [-0.2, 0) is 23.3 Å². The van der Waals surface area contributed by atoms with Gasteiger partial charge in [-0.1, -0.05) is 40.5 Å². The minimum atomic E-state index is -4.68. The predicted octanol–water partition coefficient (Wildman–Crippen LogP) is 6.06. The molecule has 0 saturated carbocycles. The largest absolute Gasteiger partial charge is 0.435 e. The van der Waals surface area contributed by atoms with Crippen LogP contribution in [0.15, 0.2) is 41.6 Å². The molecular weight excluding hydrogens is 386 g/mol. The molecule has 2 aromatic carbocycles. The van der Waals surface area contributed by atoms with Gasteiger partial charge in [0.05, 0.1) is 5.71 Å². The van der Waals surface area contributed by atoms with E-state index in [0.717, 1.165) is 19.3 Å². The highest BCUT2D eigenvalue weighted by molar-refractivity contribution is 6.34. The number of fused-ring (bicyclic) bond motifs is 1. The first-order valence-electron chi connectivity index (χ1n) is 8.19. The van der Waals surface area contributed by atoms with Crippen LogP contribution in [0.2, 0.25) is 10.0 Å². The zero-order valence-electron chi connectivity index (χ0n) is 13.5. The Morgan fingerprint density at radius 3 is 2.35 bits per heavy atom. The normalized spacial score (nSPS) is 22.1. The maximum atomic E-state index is 14.0. The molecule has 2 nitrogen and oxygen atoms in total. The highest BCUT2D eigenvalue weighted by Crippen LogP contribution is 2.49. The molecular formula is C19H14Cl2F3NO. The van der Waals surface area contributed by atoms with Crippen molar-refractivity contribution in [3.63, 3.8) is 0 Å². The summed E-state index contributed by atoms with van der Waals surface area (Å²) in [6.45, 7) is 0. The van der Waals surface area contributed by atoms with Crippen molar-refractivity contribution in [2.45, 2.75) is 37.5 Å². The van der Waals surface area contributed by atoms with Crippen molar-refractivity contribution in [2.24, 2.45) is 5.16 Å². The van der Waals surface area contributed by atoms with Crippen LogP contribution in [0.1, 0.15) is 35.1 Å². The molecule has 1 aliphatic carbocycles. The van der Waals surface area contributed by atoms with Gasteiger partial charge in [0.2, 0.25) is 0 Å². The lowest BCUT2D eigenvalue weighted by Crippen LogP contribution is -2.42. The fraction of sp³-hybridized carbons (Fsp3) is 0.316. The van der Waals surface area contributed by atoms with Crippen molar-refractivity contribution in [1.82, 2.24) is 0 Å². The third kappa shape index (κ3) is 2.87. The lowest BCUT2D eigenvalue weighted by Gasteiger charge is -2.29. The molecule has 2 aromatic rings. The van der Waals surface area contributed by atoms with Gasteiger partial charge in [-0.25, -0.2) is 0 Å². The quantitative estimate of drug-likeness (QED) is 0.600. The lowest BCUT2D eigenvalue weighted by atomic mass is 9.86. The van der Waals surface area contributed by atoms with Crippen molar-refractivity contribution in [3.8, 4) is 0 Å². The van der Waals surface area contributed by atoms with E-state index >= 15 is 0 Å². The van der Waals surface area contributed by atoms with Crippen LogP contribution in [0, 0.1) is 0 Å². The third-order valence-corrected chi connectivity index (χ3v) is 5.38. The minimum Gasteiger partial charge on any atom is -0.374 e. The molecule has 0 fully saturated rings. The molecule has 0 aromatic heterocycles. The number of hydrogen-bond acceptors (Lipinski definition) is 2. The molecule has 1 atom stereocenters. The number of benzene rings is 2. The summed E-state index contributed by atoms with van der Waals surface area (Å²) in [5, 5.41) is 4.03. The van der Waals surface area contributed by atoms with E-state index in [-0.39, 0.29) is 21.3 Å². The zero-order chi connectivity index (χ0) is 18.5. The smallest absolute Gasteiger partial charge is 0.374 e. The van der Waals surface area contributed by atoms with Gasteiger partial charge in [-0.2, -0.15) is 13.2 Å². The van der Waals surface area contributed by atoms with Crippen LogP contribution in [0.4, 0.5) is 13.2 Å². The Morgan fingerprint density at radius 1 is 0.962 bits per heavy atom. The second kappa shape index (κ2) is 6.17. The summed E-state index contributed by atoms with van der Waals surface area (Å²) in [4.78, 5) is 5.03. The van der Waals surface area contributed by atoms with Crippen LogP contribution in [0.5, 0.6) is 0 Å². The van der Waals surface area contributed by atoms with Gasteiger partial charge in [0.25, 0.3) is 5.60 Å². The number of oxime groups is 1. The Hall–Kier alpha value is -1.72. The summed E-state index contributed by atoms with van der Waals surface area (Å²) in [6, 6.07) is 9.52. The maximum absolute atomic E-state index is 14.0. The zero-order valence-corrected chi connectivity index (χ0v) is 15.0. The minimum absolute atomic E-state index is 0.116. The van der Waals surface area contributed by atoms with Gasteiger partial charge in [0, 0.05) is 22.0 Å². The van der Waals surface area contributed by atoms with Gasteiger partial charge in [0.1, 0.15) is 0 Å². The van der Waals surface area contributed by atoms with Crippen LogP contribution in [-0.4, -0.2) is 11.9 Å². The first-order valence-corrected chi connectivity index (χ1v) is 8.95. The summed E-state index contributed by atoms with van der Waals surface area (Å²) < 4.78 is 42.0. The van der Waals surface area contributed by atoms with E-state index in [2.05, 4.69) is 5.16 Å². The summed E-state index contributed by atoms with van der Waals surface area (Å²) in [7, 11) is 0. The van der Waals surface area contributed by atoms with E-state index < -0.39 is 18.2 Å². The Balaban J connectivity index is 1.73. The molecule has 0 spiro atoms. The van der Waals surface area contributed by atoms with Gasteiger partial charge >= 0.3 is 6.18 Å². The fourth-order valence-electron chi connectivity index (χ4n) is 3.60. The highest BCUT2D eigenvalue weighted by Gasteiger charge is 2.62. The van der Waals surface area contributed by atoms with Crippen LogP contribution in [0.3, 0.4) is 0 Å². The summed E-state index contributed by atoms with van der Waals surface area (Å²) >= 11 is 11.8. The summed E-state index contributed by atoms with van der Waals surface area (Å²) in [5.74, 6) is 0. The van der Waals surface area contributed by atoms with Crippen molar-refractivity contribution in [2.75, 3.05) is 0 Å². The molecule has 1 unspecified atom stereocenters. The molecule has 0 radical (unpaired) electrons. The number of alkyl halides is 3. The first-order chi connectivity index (χ1) is 12.3. The Bertz CT molecular complexity index is 890. The van der Waals surface area contributed by atoms with Gasteiger partial charge in [-0.15, -0.1) is 0 Å². The molecule has 1 aliphatic heterocycles. The number of hydrogen-bond donors (Lipinski definition) is 0. The van der Waals surface area contributed by atoms with Gasteiger partial charge in [-0.3, -0.25) is 0 Å². The standard InChI is InChI=1S/C19H14Cl2F3NO/c20-15-7-14(8-16(21)9-15)18(19(22,23)24)10-17(25-26-18)13-5-4-11-2-1-3-12(11)6-13/h4-9H,1-3,10H2. The molecule has 26 heavy (non-hydrogen) atoms. The maximum Gasteiger partial charge on any atom is 0.435 e. The number of aryl methyl sites for hydroxylation is 2. The molecule has 136 valence electrons. The van der Waals surface area contributed by atoms with Gasteiger partial charge < -0.3 is 4.84 Å². The third-order valence-electron chi connectivity index (χ3n) is 4.95. The average molecular weight is 400 g/mol. The lowest BCUT2D eigenvalue weighted by molar-refractivity contribution is -0.275. The van der Waals surface area contributed by atoms with Crippen LogP contribution < -0.4 is 0 Å². The summed E-state index contributed by atoms with van der Waals surface area (Å²) in [5.41, 5.74) is 0.605.